The van der Waals surface area contributed by atoms with E-state index in [1.165, 1.54) is 94.9 Å². The second kappa shape index (κ2) is 9.24. The zero-order chi connectivity index (χ0) is 28.8. The van der Waals surface area contributed by atoms with Gasteiger partial charge in [0.1, 0.15) is 0 Å². The maximum absolute atomic E-state index is 2.49. The van der Waals surface area contributed by atoms with Crippen molar-refractivity contribution in [1.29, 1.82) is 0 Å². The van der Waals surface area contributed by atoms with Gasteiger partial charge in [0.25, 0.3) is 0 Å². The van der Waals surface area contributed by atoms with Crippen LogP contribution in [0.3, 0.4) is 0 Å². The number of hydrogen-bond acceptors (Lipinski definition) is 2. The molecule has 10 aromatic rings. The van der Waals surface area contributed by atoms with Crippen LogP contribution in [0.5, 0.6) is 0 Å². The first-order valence-electron chi connectivity index (χ1n) is 15.0. The number of rotatable bonds is 2. The summed E-state index contributed by atoms with van der Waals surface area (Å²) in [6.45, 7) is 0. The molecule has 0 aliphatic heterocycles. The SMILES string of the molecule is c1ccc2c(-c3c4ccccc4c(-c4cc5sc6ccccc6c5c5c4sc4ccccc45)c4ccccc34)cccc2c1. The van der Waals surface area contributed by atoms with Crippen LogP contribution < -0.4 is 0 Å². The zero-order valence-corrected chi connectivity index (χ0v) is 25.3. The van der Waals surface area contributed by atoms with Crippen LogP contribution in [0, 0.1) is 0 Å². The van der Waals surface area contributed by atoms with Crippen LogP contribution in [-0.4, -0.2) is 0 Å². The summed E-state index contributed by atoms with van der Waals surface area (Å²) >= 11 is 3.85. The monoisotopic (exact) mass is 592 g/mol. The molecule has 2 aromatic heterocycles. The molecule has 204 valence electrons. The highest BCUT2D eigenvalue weighted by Gasteiger charge is 2.23. The Labute approximate surface area is 262 Å². The van der Waals surface area contributed by atoms with Crippen LogP contribution in [0.25, 0.3) is 94.9 Å². The predicted octanol–water partition coefficient (Wildman–Crippen LogP) is 13.2. The van der Waals surface area contributed by atoms with Crippen molar-refractivity contribution < 1.29 is 0 Å². The average Bonchev–Trinajstić information content (AvgIpc) is 3.65. The molecule has 0 unspecified atom stereocenters. The maximum Gasteiger partial charge on any atom is 0.0441 e. The van der Waals surface area contributed by atoms with Gasteiger partial charge in [0.05, 0.1) is 0 Å². The fourth-order valence-electron chi connectivity index (χ4n) is 7.44. The van der Waals surface area contributed by atoms with Crippen molar-refractivity contribution >= 4 is 95.3 Å². The minimum Gasteiger partial charge on any atom is -0.135 e. The number of thiophene rings is 2. The van der Waals surface area contributed by atoms with Crippen molar-refractivity contribution in [2.45, 2.75) is 0 Å². The summed E-state index contributed by atoms with van der Waals surface area (Å²) in [6.07, 6.45) is 0. The van der Waals surface area contributed by atoms with Crippen LogP contribution in [0.1, 0.15) is 0 Å². The van der Waals surface area contributed by atoms with Crippen molar-refractivity contribution in [3.63, 3.8) is 0 Å². The molecule has 0 saturated heterocycles. The third kappa shape index (κ3) is 3.33. The van der Waals surface area contributed by atoms with Crippen molar-refractivity contribution in [1.82, 2.24) is 0 Å². The van der Waals surface area contributed by atoms with Gasteiger partial charge in [-0.25, -0.2) is 0 Å². The highest BCUT2D eigenvalue weighted by molar-refractivity contribution is 7.28. The highest BCUT2D eigenvalue weighted by Crippen LogP contribution is 2.52. The Kier molecular flexibility index (Phi) is 5.13. The lowest BCUT2D eigenvalue weighted by atomic mass is 9.84. The molecule has 2 heteroatoms. The Bertz CT molecular complexity index is 2710. The van der Waals surface area contributed by atoms with Crippen molar-refractivity contribution in [2.24, 2.45) is 0 Å². The molecule has 0 bridgehead atoms. The summed E-state index contributed by atoms with van der Waals surface area (Å²) in [4.78, 5) is 0. The highest BCUT2D eigenvalue weighted by atomic mass is 32.1. The van der Waals surface area contributed by atoms with Crippen LogP contribution in [0.2, 0.25) is 0 Å². The van der Waals surface area contributed by atoms with E-state index in [0.29, 0.717) is 0 Å². The molecule has 10 rings (SSSR count). The first-order valence-corrected chi connectivity index (χ1v) is 16.7. The Balaban J connectivity index is 1.43. The van der Waals surface area contributed by atoms with E-state index in [2.05, 4.69) is 146 Å². The molecule has 0 radical (unpaired) electrons. The quantitative estimate of drug-likeness (QED) is 0.175. The summed E-state index contributed by atoms with van der Waals surface area (Å²) < 4.78 is 5.41. The molecule has 8 aromatic carbocycles. The Hall–Kier alpha value is -5.02. The Morgan fingerprint density at radius 1 is 0.318 bits per heavy atom. The van der Waals surface area contributed by atoms with Crippen LogP contribution in [0.15, 0.2) is 146 Å². The van der Waals surface area contributed by atoms with Gasteiger partial charge in [-0.15, -0.1) is 22.7 Å². The first kappa shape index (κ1) is 24.4. The average molecular weight is 593 g/mol. The third-order valence-electron chi connectivity index (χ3n) is 9.25. The van der Waals surface area contributed by atoms with Crippen molar-refractivity contribution in [2.75, 3.05) is 0 Å². The second-order valence-corrected chi connectivity index (χ2v) is 13.7. The largest absolute Gasteiger partial charge is 0.135 e. The summed E-state index contributed by atoms with van der Waals surface area (Å²) in [7, 11) is 0. The van der Waals surface area contributed by atoms with E-state index >= 15 is 0 Å². The number of fused-ring (bicyclic) bond motifs is 10. The van der Waals surface area contributed by atoms with Gasteiger partial charge in [0.15, 0.2) is 0 Å². The van der Waals surface area contributed by atoms with E-state index < -0.39 is 0 Å². The van der Waals surface area contributed by atoms with Crippen LogP contribution >= 0.6 is 22.7 Å². The van der Waals surface area contributed by atoms with Gasteiger partial charge in [-0.1, -0.05) is 127 Å². The van der Waals surface area contributed by atoms with Gasteiger partial charge in [0.2, 0.25) is 0 Å². The Morgan fingerprint density at radius 3 is 1.45 bits per heavy atom. The minimum absolute atomic E-state index is 1.27. The summed E-state index contributed by atoms with van der Waals surface area (Å²) in [5.74, 6) is 0. The predicted molar refractivity (Wildman–Crippen MR) is 196 cm³/mol. The molecule has 0 atom stereocenters. The smallest absolute Gasteiger partial charge is 0.0441 e. The molecular weight excluding hydrogens is 569 g/mol. The van der Waals surface area contributed by atoms with E-state index in [1.54, 1.807) is 0 Å². The lowest BCUT2D eigenvalue weighted by molar-refractivity contribution is 1.70. The maximum atomic E-state index is 2.49. The molecule has 0 nitrogen and oxygen atoms in total. The molecule has 0 N–H and O–H groups in total. The summed E-state index contributed by atoms with van der Waals surface area (Å²) in [6, 6.07) is 53.9. The Morgan fingerprint density at radius 2 is 0.795 bits per heavy atom. The van der Waals surface area contributed by atoms with E-state index in [1.807, 2.05) is 22.7 Å². The van der Waals surface area contributed by atoms with E-state index in [4.69, 9.17) is 0 Å². The fourth-order valence-corrected chi connectivity index (χ4v) is 9.83. The van der Waals surface area contributed by atoms with Crippen LogP contribution in [0.4, 0.5) is 0 Å². The molecule has 0 saturated carbocycles. The first-order chi connectivity index (χ1) is 21.8. The third-order valence-corrected chi connectivity index (χ3v) is 11.6. The van der Waals surface area contributed by atoms with Gasteiger partial charge in [-0.2, -0.15) is 0 Å². The van der Waals surface area contributed by atoms with E-state index in [-0.39, 0.29) is 0 Å². The lowest BCUT2D eigenvalue weighted by Gasteiger charge is -2.19. The standard InChI is InChI=1S/C42H24S2/c1-2-14-26-25(12-1)13-11-21-27(26)38-28-15-3-5-17-30(28)39(31-18-6-4-16-29(31)38)34-24-37-40(32-19-7-9-22-35(32)43-37)41-33-20-8-10-23-36(33)44-42(34)41/h1-24H. The zero-order valence-electron chi connectivity index (χ0n) is 23.7. The molecule has 44 heavy (non-hydrogen) atoms. The van der Waals surface area contributed by atoms with Gasteiger partial charge >= 0.3 is 0 Å². The van der Waals surface area contributed by atoms with Gasteiger partial charge in [-0.05, 0) is 67.2 Å². The van der Waals surface area contributed by atoms with Gasteiger partial charge in [0, 0.05) is 45.9 Å². The molecular formula is C42H24S2. The normalized spacial score (nSPS) is 12.1. The topological polar surface area (TPSA) is 0 Å². The molecule has 0 amide bonds. The second-order valence-electron chi connectivity index (χ2n) is 11.6. The van der Waals surface area contributed by atoms with E-state index in [0.717, 1.165) is 0 Å². The van der Waals surface area contributed by atoms with Crippen molar-refractivity contribution in [3.8, 4) is 22.3 Å². The molecule has 0 aliphatic carbocycles. The van der Waals surface area contributed by atoms with Gasteiger partial charge < -0.3 is 0 Å². The fraction of sp³-hybridized carbons (Fsp3) is 0. The summed E-state index contributed by atoms with van der Waals surface area (Å²) in [5, 5.41) is 13.2. The number of benzene rings is 8. The molecule has 0 spiro atoms. The lowest BCUT2D eigenvalue weighted by Crippen LogP contribution is -1.92. The van der Waals surface area contributed by atoms with E-state index in [9.17, 15) is 0 Å². The molecule has 0 aliphatic rings. The number of hydrogen-bond donors (Lipinski definition) is 0. The summed E-state index contributed by atoms with van der Waals surface area (Å²) in [5.41, 5.74) is 5.26. The van der Waals surface area contributed by atoms with Crippen molar-refractivity contribution in [3.05, 3.63) is 146 Å². The molecule has 2 heterocycles. The molecule has 0 fully saturated rings. The minimum atomic E-state index is 1.27. The van der Waals surface area contributed by atoms with Gasteiger partial charge in [-0.3, -0.25) is 0 Å². The van der Waals surface area contributed by atoms with Crippen LogP contribution in [-0.2, 0) is 0 Å².